The van der Waals surface area contributed by atoms with Crippen molar-refractivity contribution >= 4 is 17.4 Å². The number of alkyl halides is 1. The number of hydrogen-bond acceptors (Lipinski definition) is 4. The number of carbonyl (C=O) groups is 1. The molecule has 1 aliphatic heterocycles. The SMILES string of the molecule is CO[C@H]1C[C@@H](OC)[C@@H](Cl)[C@H]2OCC(=O)[C@H]21. The largest absolute Gasteiger partial charge is 0.380 e. The standard InChI is InChI=1S/C10H15ClO4/c1-13-6-3-7(14-2)9(11)10-8(6)5(12)4-15-10/h6-10H,3-4H2,1-2H3/t6-,7+,8-,9+,10-/m0/s1. The number of hydrogen-bond donors (Lipinski definition) is 0. The predicted octanol–water partition coefficient (Wildman–Crippen LogP) is 0.612. The molecule has 2 rings (SSSR count). The van der Waals surface area contributed by atoms with Gasteiger partial charge >= 0.3 is 0 Å². The fraction of sp³-hybridized carbons (Fsp3) is 0.900. The van der Waals surface area contributed by atoms with Crippen LogP contribution in [0.5, 0.6) is 0 Å². The molecular weight excluding hydrogens is 220 g/mol. The van der Waals surface area contributed by atoms with E-state index in [-0.39, 0.29) is 42.0 Å². The quantitative estimate of drug-likeness (QED) is 0.657. The summed E-state index contributed by atoms with van der Waals surface area (Å²) in [7, 11) is 3.22. The van der Waals surface area contributed by atoms with Crippen LogP contribution in [0.4, 0.5) is 0 Å². The van der Waals surface area contributed by atoms with E-state index in [0.29, 0.717) is 6.42 Å². The van der Waals surface area contributed by atoms with Crippen molar-refractivity contribution in [1.29, 1.82) is 0 Å². The Kier molecular flexibility index (Phi) is 3.30. The Labute approximate surface area is 93.8 Å². The first-order valence-electron chi connectivity index (χ1n) is 5.03. The molecule has 2 fully saturated rings. The van der Waals surface area contributed by atoms with Gasteiger partial charge in [-0.1, -0.05) is 0 Å². The minimum absolute atomic E-state index is 0.0899. The number of rotatable bonds is 2. The summed E-state index contributed by atoms with van der Waals surface area (Å²) >= 11 is 6.21. The van der Waals surface area contributed by atoms with Gasteiger partial charge in [0, 0.05) is 20.6 Å². The number of halogens is 1. The molecule has 1 heterocycles. The molecule has 0 amide bonds. The van der Waals surface area contributed by atoms with Crippen LogP contribution >= 0.6 is 11.6 Å². The lowest BCUT2D eigenvalue weighted by Crippen LogP contribution is -2.51. The monoisotopic (exact) mass is 234 g/mol. The Morgan fingerprint density at radius 3 is 2.60 bits per heavy atom. The van der Waals surface area contributed by atoms with Gasteiger partial charge in [0.05, 0.1) is 29.6 Å². The highest BCUT2D eigenvalue weighted by Gasteiger charge is 2.51. The van der Waals surface area contributed by atoms with E-state index in [0.717, 1.165) is 0 Å². The first-order chi connectivity index (χ1) is 7.19. The number of Topliss-reactive ketones (excluding diaryl/α,β-unsaturated/α-hetero) is 1. The van der Waals surface area contributed by atoms with Crippen LogP contribution < -0.4 is 0 Å². The van der Waals surface area contributed by atoms with Crippen molar-refractivity contribution in [3.63, 3.8) is 0 Å². The molecule has 0 aromatic heterocycles. The van der Waals surface area contributed by atoms with Crippen molar-refractivity contribution < 1.29 is 19.0 Å². The van der Waals surface area contributed by atoms with E-state index in [1.807, 2.05) is 0 Å². The maximum atomic E-state index is 11.6. The van der Waals surface area contributed by atoms with Crippen molar-refractivity contribution in [2.24, 2.45) is 5.92 Å². The average molecular weight is 235 g/mol. The van der Waals surface area contributed by atoms with Crippen LogP contribution in [-0.4, -0.2) is 50.3 Å². The van der Waals surface area contributed by atoms with E-state index < -0.39 is 0 Å². The fourth-order valence-electron chi connectivity index (χ4n) is 2.46. The van der Waals surface area contributed by atoms with Gasteiger partial charge in [-0.05, 0) is 0 Å². The van der Waals surface area contributed by atoms with E-state index in [4.69, 9.17) is 25.8 Å². The van der Waals surface area contributed by atoms with Crippen molar-refractivity contribution in [2.45, 2.75) is 30.1 Å². The molecule has 2 aliphatic rings. The number of fused-ring (bicyclic) bond motifs is 1. The molecular formula is C10H15ClO4. The highest BCUT2D eigenvalue weighted by atomic mass is 35.5. The molecule has 1 saturated carbocycles. The Morgan fingerprint density at radius 2 is 2.00 bits per heavy atom. The second-order valence-electron chi connectivity index (χ2n) is 4.00. The maximum absolute atomic E-state index is 11.6. The number of ether oxygens (including phenoxy) is 3. The molecule has 5 heteroatoms. The maximum Gasteiger partial charge on any atom is 0.166 e. The van der Waals surface area contributed by atoms with Gasteiger partial charge in [0.15, 0.2) is 5.78 Å². The van der Waals surface area contributed by atoms with E-state index in [2.05, 4.69) is 0 Å². The second-order valence-corrected chi connectivity index (χ2v) is 4.50. The van der Waals surface area contributed by atoms with Gasteiger partial charge in [0.1, 0.15) is 6.61 Å². The molecule has 0 aromatic carbocycles. The zero-order valence-electron chi connectivity index (χ0n) is 8.81. The highest BCUT2D eigenvalue weighted by Crippen LogP contribution is 2.37. The summed E-state index contributed by atoms with van der Waals surface area (Å²) in [6, 6.07) is 0. The molecule has 5 atom stereocenters. The van der Waals surface area contributed by atoms with Gasteiger partial charge < -0.3 is 14.2 Å². The third-order valence-corrected chi connectivity index (χ3v) is 3.81. The third kappa shape index (κ3) is 1.80. The minimum Gasteiger partial charge on any atom is -0.380 e. The van der Waals surface area contributed by atoms with E-state index >= 15 is 0 Å². The molecule has 0 aromatic rings. The minimum atomic E-state index is -0.266. The lowest BCUT2D eigenvalue weighted by Gasteiger charge is -2.38. The predicted molar refractivity (Wildman–Crippen MR) is 54.1 cm³/mol. The van der Waals surface area contributed by atoms with Crippen LogP contribution in [0.3, 0.4) is 0 Å². The Hall–Kier alpha value is -0.160. The Balaban J connectivity index is 2.19. The molecule has 0 spiro atoms. The average Bonchev–Trinajstić information content (AvgIpc) is 2.63. The van der Waals surface area contributed by atoms with Crippen LogP contribution in [0.25, 0.3) is 0 Å². The van der Waals surface area contributed by atoms with Crippen LogP contribution in [0.15, 0.2) is 0 Å². The molecule has 0 radical (unpaired) electrons. The van der Waals surface area contributed by atoms with Gasteiger partial charge in [-0.3, -0.25) is 4.79 Å². The van der Waals surface area contributed by atoms with E-state index in [9.17, 15) is 4.79 Å². The van der Waals surface area contributed by atoms with Crippen molar-refractivity contribution in [2.75, 3.05) is 20.8 Å². The first kappa shape index (κ1) is 11.3. The molecule has 4 nitrogen and oxygen atoms in total. The van der Waals surface area contributed by atoms with Gasteiger partial charge in [0.25, 0.3) is 0 Å². The summed E-state index contributed by atoms with van der Waals surface area (Å²) in [4.78, 5) is 11.6. The molecule has 1 saturated heterocycles. The summed E-state index contributed by atoms with van der Waals surface area (Å²) in [5, 5.41) is -0.266. The molecule has 1 aliphatic carbocycles. The lowest BCUT2D eigenvalue weighted by atomic mass is 9.81. The van der Waals surface area contributed by atoms with Crippen molar-refractivity contribution in [3.8, 4) is 0 Å². The molecule has 0 bridgehead atoms. The fourth-order valence-corrected chi connectivity index (χ4v) is 2.89. The van der Waals surface area contributed by atoms with Crippen LogP contribution in [-0.2, 0) is 19.0 Å². The molecule has 0 N–H and O–H groups in total. The third-order valence-electron chi connectivity index (χ3n) is 3.28. The summed E-state index contributed by atoms with van der Waals surface area (Å²) in [5.74, 6) is -0.129. The molecule has 15 heavy (non-hydrogen) atoms. The van der Waals surface area contributed by atoms with E-state index in [1.54, 1.807) is 14.2 Å². The van der Waals surface area contributed by atoms with Crippen molar-refractivity contribution in [3.05, 3.63) is 0 Å². The first-order valence-corrected chi connectivity index (χ1v) is 5.46. The highest BCUT2D eigenvalue weighted by molar-refractivity contribution is 6.22. The van der Waals surface area contributed by atoms with E-state index in [1.165, 1.54) is 0 Å². The normalized spacial score (nSPS) is 45.5. The number of methoxy groups -OCH3 is 2. The van der Waals surface area contributed by atoms with Crippen LogP contribution in [0, 0.1) is 5.92 Å². The summed E-state index contributed by atoms with van der Waals surface area (Å²) in [6.45, 7) is 0.148. The number of carbonyl (C=O) groups excluding carboxylic acids is 1. The molecule has 86 valence electrons. The summed E-state index contributed by atoms with van der Waals surface area (Å²) < 4.78 is 16.0. The van der Waals surface area contributed by atoms with Gasteiger partial charge in [-0.15, -0.1) is 11.6 Å². The smallest absolute Gasteiger partial charge is 0.166 e. The summed E-state index contributed by atoms with van der Waals surface area (Å²) in [5.41, 5.74) is 0. The molecule has 0 unspecified atom stereocenters. The van der Waals surface area contributed by atoms with Gasteiger partial charge in [-0.25, -0.2) is 0 Å². The van der Waals surface area contributed by atoms with Crippen LogP contribution in [0.1, 0.15) is 6.42 Å². The Bertz CT molecular complexity index is 258. The van der Waals surface area contributed by atoms with Gasteiger partial charge in [0.2, 0.25) is 0 Å². The zero-order valence-corrected chi connectivity index (χ0v) is 9.57. The number of ketones is 1. The zero-order chi connectivity index (χ0) is 11.0. The summed E-state index contributed by atoms with van der Waals surface area (Å²) in [6.07, 6.45) is 0.147. The topological polar surface area (TPSA) is 44.8 Å². The Morgan fingerprint density at radius 1 is 1.33 bits per heavy atom. The second kappa shape index (κ2) is 4.37. The van der Waals surface area contributed by atoms with Gasteiger partial charge in [-0.2, -0.15) is 0 Å². The lowest BCUT2D eigenvalue weighted by molar-refractivity contribution is -0.127. The van der Waals surface area contributed by atoms with Crippen molar-refractivity contribution in [1.82, 2.24) is 0 Å². The van der Waals surface area contributed by atoms with Crippen LogP contribution in [0.2, 0.25) is 0 Å².